The minimum absolute atomic E-state index is 0.0540. The van der Waals surface area contributed by atoms with Crippen LogP contribution in [0.3, 0.4) is 0 Å². The van der Waals surface area contributed by atoms with Crippen LogP contribution in [-0.4, -0.2) is 40.1 Å². The Morgan fingerprint density at radius 1 is 1.50 bits per heavy atom. The Kier molecular flexibility index (Phi) is 3.99. The molecule has 0 radical (unpaired) electrons. The van der Waals surface area contributed by atoms with Crippen molar-refractivity contribution in [1.82, 2.24) is 9.88 Å². The van der Waals surface area contributed by atoms with Gasteiger partial charge in [-0.25, -0.2) is 9.78 Å². The van der Waals surface area contributed by atoms with Crippen molar-refractivity contribution in [2.24, 2.45) is 5.92 Å². The molecule has 0 aliphatic carbocycles. The third-order valence-corrected chi connectivity index (χ3v) is 4.07. The average molecular weight is 297 g/mol. The number of aromatic nitrogens is 1. The van der Waals surface area contributed by atoms with E-state index in [9.17, 15) is 9.59 Å². The topological polar surface area (TPSA) is 82.5 Å². The first kappa shape index (κ1) is 14.8. The van der Waals surface area contributed by atoms with Crippen LogP contribution in [0.5, 0.6) is 0 Å². The van der Waals surface area contributed by atoms with Gasteiger partial charge < -0.3 is 10.0 Å². The molecule has 1 aliphatic rings. The number of nitrogens with zero attached hydrogens (tertiary/aromatic N) is 2. The number of hydrogen-bond acceptors (Lipinski definition) is 4. The summed E-state index contributed by atoms with van der Waals surface area (Å²) in [5.41, 5.74) is 0.879. The van der Waals surface area contributed by atoms with Gasteiger partial charge in [0, 0.05) is 23.9 Å². The van der Waals surface area contributed by atoms with Crippen LogP contribution in [0.15, 0.2) is 5.38 Å². The zero-order chi connectivity index (χ0) is 14.9. The molecule has 1 saturated heterocycles. The Morgan fingerprint density at radius 3 is 2.70 bits per heavy atom. The number of carboxylic acids is 1. The van der Waals surface area contributed by atoms with Crippen LogP contribution < -0.4 is 5.32 Å². The van der Waals surface area contributed by atoms with E-state index in [2.05, 4.69) is 31.1 Å². The van der Waals surface area contributed by atoms with Gasteiger partial charge in [0.2, 0.25) is 0 Å². The first-order chi connectivity index (χ1) is 9.27. The first-order valence-electron chi connectivity index (χ1n) is 6.52. The zero-order valence-corrected chi connectivity index (χ0v) is 12.7. The van der Waals surface area contributed by atoms with Gasteiger partial charge >= 0.3 is 12.0 Å². The van der Waals surface area contributed by atoms with Crippen molar-refractivity contribution in [3.8, 4) is 0 Å². The summed E-state index contributed by atoms with van der Waals surface area (Å²) in [6, 6.07) is -0.274. The molecule has 1 fully saturated rings. The number of anilines is 1. The molecule has 1 aromatic heterocycles. The molecule has 7 heteroatoms. The molecular formula is C13H19N3O3S. The highest BCUT2D eigenvalue weighted by atomic mass is 32.1. The zero-order valence-electron chi connectivity index (χ0n) is 11.8. The van der Waals surface area contributed by atoms with E-state index in [4.69, 9.17) is 5.11 Å². The third-order valence-electron chi connectivity index (χ3n) is 3.31. The van der Waals surface area contributed by atoms with Crippen molar-refractivity contribution in [2.45, 2.75) is 32.6 Å². The summed E-state index contributed by atoms with van der Waals surface area (Å²) in [6.45, 7) is 6.92. The Balaban J connectivity index is 1.95. The maximum absolute atomic E-state index is 12.0. The van der Waals surface area contributed by atoms with Gasteiger partial charge in [-0.3, -0.25) is 10.1 Å². The molecule has 6 nitrogen and oxygen atoms in total. The molecule has 20 heavy (non-hydrogen) atoms. The van der Waals surface area contributed by atoms with Gasteiger partial charge in [0.05, 0.1) is 11.6 Å². The van der Waals surface area contributed by atoms with Crippen molar-refractivity contribution in [2.75, 3.05) is 18.4 Å². The maximum Gasteiger partial charge on any atom is 0.323 e. The van der Waals surface area contributed by atoms with Crippen molar-refractivity contribution >= 4 is 28.5 Å². The molecule has 0 aromatic carbocycles. The van der Waals surface area contributed by atoms with Crippen LogP contribution in [0.2, 0.25) is 0 Å². The lowest BCUT2D eigenvalue weighted by Gasteiger charge is -2.16. The number of rotatable bonds is 2. The van der Waals surface area contributed by atoms with E-state index >= 15 is 0 Å². The number of amides is 2. The Bertz CT molecular complexity index is 521. The smallest absolute Gasteiger partial charge is 0.323 e. The lowest BCUT2D eigenvalue weighted by atomic mass is 9.93. The summed E-state index contributed by atoms with van der Waals surface area (Å²) in [5, 5.41) is 14.1. The summed E-state index contributed by atoms with van der Waals surface area (Å²) in [6.07, 6.45) is 0.508. The first-order valence-corrected chi connectivity index (χ1v) is 7.40. The number of carbonyl (C=O) groups is 2. The number of urea groups is 1. The highest BCUT2D eigenvalue weighted by molar-refractivity contribution is 7.13. The van der Waals surface area contributed by atoms with E-state index in [0.29, 0.717) is 18.1 Å². The maximum atomic E-state index is 12.0. The lowest BCUT2D eigenvalue weighted by Crippen LogP contribution is -2.33. The summed E-state index contributed by atoms with van der Waals surface area (Å²) in [5.74, 6) is -1.30. The third kappa shape index (κ3) is 3.27. The molecule has 1 aromatic rings. The number of nitrogens with one attached hydrogen (secondary N) is 1. The summed E-state index contributed by atoms with van der Waals surface area (Å²) in [7, 11) is 0. The van der Waals surface area contributed by atoms with E-state index in [0.717, 1.165) is 5.69 Å². The van der Waals surface area contributed by atoms with E-state index in [1.165, 1.54) is 16.2 Å². The molecule has 0 spiro atoms. The number of thiazole rings is 1. The fourth-order valence-corrected chi connectivity index (χ4v) is 2.92. The number of aliphatic carboxylic acids is 1. The SMILES string of the molecule is CC(C)(C)c1csc(NC(=O)N2CCC(C(=O)O)C2)n1. The van der Waals surface area contributed by atoms with E-state index in [1.54, 1.807) is 0 Å². The van der Waals surface area contributed by atoms with Gasteiger partial charge in [-0.2, -0.15) is 0 Å². The van der Waals surface area contributed by atoms with E-state index < -0.39 is 11.9 Å². The summed E-state index contributed by atoms with van der Waals surface area (Å²) >= 11 is 1.38. The number of carbonyl (C=O) groups excluding carboxylic acids is 1. The minimum Gasteiger partial charge on any atom is -0.481 e. The summed E-state index contributed by atoms with van der Waals surface area (Å²) in [4.78, 5) is 28.8. The van der Waals surface area contributed by atoms with Crippen molar-refractivity contribution in [3.63, 3.8) is 0 Å². The molecule has 2 rings (SSSR count). The van der Waals surface area contributed by atoms with Crippen LogP contribution in [0.25, 0.3) is 0 Å². The Hall–Kier alpha value is -1.63. The van der Waals surface area contributed by atoms with Crippen LogP contribution in [0, 0.1) is 5.92 Å². The average Bonchev–Trinajstić information content (AvgIpc) is 2.95. The van der Waals surface area contributed by atoms with Crippen LogP contribution >= 0.6 is 11.3 Å². The van der Waals surface area contributed by atoms with Crippen LogP contribution in [-0.2, 0) is 10.2 Å². The molecule has 110 valence electrons. The highest BCUT2D eigenvalue weighted by Crippen LogP contribution is 2.27. The molecule has 2 heterocycles. The fourth-order valence-electron chi connectivity index (χ4n) is 1.99. The normalized spacial score (nSPS) is 19.1. The minimum atomic E-state index is -0.843. The molecule has 2 amide bonds. The van der Waals surface area contributed by atoms with Crippen molar-refractivity contribution in [1.29, 1.82) is 0 Å². The second-order valence-corrected chi connectivity index (χ2v) is 6.85. The second-order valence-electron chi connectivity index (χ2n) is 5.99. The standard InChI is InChI=1S/C13H19N3O3S/c1-13(2,3)9-7-20-11(14-9)15-12(19)16-5-4-8(6-16)10(17)18/h7-8H,4-6H2,1-3H3,(H,17,18)(H,14,15,19). The largest absolute Gasteiger partial charge is 0.481 e. The molecular weight excluding hydrogens is 278 g/mol. The second kappa shape index (κ2) is 5.40. The molecule has 0 bridgehead atoms. The molecule has 1 atom stereocenters. The quantitative estimate of drug-likeness (QED) is 0.878. The van der Waals surface area contributed by atoms with E-state index in [1.807, 2.05) is 5.38 Å². The molecule has 1 unspecified atom stereocenters. The lowest BCUT2D eigenvalue weighted by molar-refractivity contribution is -0.141. The molecule has 1 aliphatic heterocycles. The van der Waals surface area contributed by atoms with Gasteiger partial charge in [-0.15, -0.1) is 11.3 Å². The molecule has 2 N–H and O–H groups in total. The Morgan fingerprint density at radius 2 is 2.20 bits per heavy atom. The van der Waals surface area contributed by atoms with Gasteiger partial charge in [0.1, 0.15) is 0 Å². The van der Waals surface area contributed by atoms with Gasteiger partial charge in [0.25, 0.3) is 0 Å². The van der Waals surface area contributed by atoms with Gasteiger partial charge in [-0.05, 0) is 6.42 Å². The van der Waals surface area contributed by atoms with Crippen molar-refractivity contribution < 1.29 is 14.7 Å². The van der Waals surface area contributed by atoms with Gasteiger partial charge in [0.15, 0.2) is 5.13 Å². The summed E-state index contributed by atoms with van der Waals surface area (Å²) < 4.78 is 0. The fraction of sp³-hybridized carbons (Fsp3) is 0.615. The van der Waals surface area contributed by atoms with Gasteiger partial charge in [-0.1, -0.05) is 20.8 Å². The Labute approximate surface area is 121 Å². The predicted molar refractivity (Wildman–Crippen MR) is 77.1 cm³/mol. The monoisotopic (exact) mass is 297 g/mol. The van der Waals surface area contributed by atoms with E-state index in [-0.39, 0.29) is 18.0 Å². The predicted octanol–water partition coefficient (Wildman–Crippen LogP) is 2.38. The number of carboxylic acid groups (broad SMARTS) is 1. The number of hydrogen-bond donors (Lipinski definition) is 2. The number of likely N-dealkylation sites (tertiary alicyclic amines) is 1. The molecule has 0 saturated carbocycles. The van der Waals surface area contributed by atoms with Crippen LogP contribution in [0.1, 0.15) is 32.9 Å². The highest BCUT2D eigenvalue weighted by Gasteiger charge is 2.31. The van der Waals surface area contributed by atoms with Crippen LogP contribution in [0.4, 0.5) is 9.93 Å². The van der Waals surface area contributed by atoms with Crippen molar-refractivity contribution in [3.05, 3.63) is 11.1 Å².